The average Bonchev–Trinajstić information content (AvgIpc) is 2.15. The lowest BCUT2D eigenvalue weighted by Gasteiger charge is -2.02. The first-order chi connectivity index (χ1) is 6.95. The van der Waals surface area contributed by atoms with Crippen LogP contribution in [-0.4, -0.2) is 29.5 Å². The molecular formula is C9H17ClFN3O2. The van der Waals surface area contributed by atoms with Gasteiger partial charge in [0.05, 0.1) is 5.84 Å². The smallest absolute Gasteiger partial charge is 0.327 e. The van der Waals surface area contributed by atoms with Gasteiger partial charge in [-0.05, 0) is 19.8 Å². The van der Waals surface area contributed by atoms with E-state index < -0.39 is 17.8 Å². The van der Waals surface area contributed by atoms with Crippen molar-refractivity contribution in [3.8, 4) is 0 Å². The topological polar surface area (TPSA) is 102 Å². The fourth-order valence-electron chi connectivity index (χ4n) is 0.832. The van der Waals surface area contributed by atoms with E-state index in [0.717, 1.165) is 0 Å². The fourth-order valence-corrected chi connectivity index (χ4v) is 0.832. The van der Waals surface area contributed by atoms with Crippen LogP contribution in [0.3, 0.4) is 0 Å². The Bertz CT molecular complexity index is 278. The molecule has 0 radical (unpaired) electrons. The van der Waals surface area contributed by atoms with E-state index in [0.29, 0.717) is 25.2 Å². The number of nitrogens with two attached hydrogens (primary N) is 2. The zero-order valence-electron chi connectivity index (χ0n) is 9.02. The van der Waals surface area contributed by atoms with Gasteiger partial charge < -0.3 is 16.6 Å². The Kier molecular flexibility index (Phi) is 9.83. The molecule has 0 rings (SSSR count). The molecule has 0 heterocycles. The maximum Gasteiger partial charge on any atom is 0.327 e. The normalized spacial score (nSPS) is 14.2. The minimum absolute atomic E-state index is 0. The Morgan fingerprint density at radius 3 is 2.62 bits per heavy atom. The number of unbranched alkanes of at least 4 members (excludes halogenated alkanes) is 1. The van der Waals surface area contributed by atoms with Crippen molar-refractivity contribution in [2.24, 2.45) is 16.5 Å². The maximum absolute atomic E-state index is 12.9. The van der Waals surface area contributed by atoms with Crippen LogP contribution in [0.5, 0.6) is 0 Å². The molecular weight excluding hydrogens is 237 g/mol. The zero-order valence-corrected chi connectivity index (χ0v) is 9.84. The van der Waals surface area contributed by atoms with Crippen LogP contribution in [0.1, 0.15) is 19.8 Å². The minimum atomic E-state index is -1.57. The number of aliphatic imine (C=N–C) groups is 1. The Morgan fingerprint density at radius 2 is 2.19 bits per heavy atom. The summed E-state index contributed by atoms with van der Waals surface area (Å²) in [5.41, 5.74) is 10.3. The van der Waals surface area contributed by atoms with E-state index in [9.17, 15) is 9.18 Å². The van der Waals surface area contributed by atoms with Gasteiger partial charge in [-0.3, -0.25) is 9.79 Å². The van der Waals surface area contributed by atoms with Gasteiger partial charge in [0.2, 0.25) is 0 Å². The molecule has 0 aromatic rings. The zero-order chi connectivity index (χ0) is 11.8. The average molecular weight is 254 g/mol. The summed E-state index contributed by atoms with van der Waals surface area (Å²) in [6.45, 7) is 2.16. The van der Waals surface area contributed by atoms with Crippen LogP contribution in [-0.2, 0) is 4.79 Å². The molecule has 0 amide bonds. The van der Waals surface area contributed by atoms with E-state index in [1.165, 1.54) is 6.08 Å². The van der Waals surface area contributed by atoms with Crippen molar-refractivity contribution >= 4 is 24.2 Å². The van der Waals surface area contributed by atoms with Gasteiger partial charge in [-0.2, -0.15) is 0 Å². The third-order valence-corrected chi connectivity index (χ3v) is 1.63. The predicted octanol–water partition coefficient (Wildman–Crippen LogP) is 0.831. The molecule has 0 saturated heterocycles. The molecule has 7 heteroatoms. The van der Waals surface area contributed by atoms with Crippen LogP contribution in [0.15, 0.2) is 16.9 Å². The predicted molar refractivity (Wildman–Crippen MR) is 63.4 cm³/mol. The lowest BCUT2D eigenvalue weighted by atomic mass is 10.2. The summed E-state index contributed by atoms with van der Waals surface area (Å²) in [5.74, 6) is -1.72. The maximum atomic E-state index is 12.9. The molecule has 1 atom stereocenters. The number of rotatable bonds is 6. The first-order valence-electron chi connectivity index (χ1n) is 4.55. The minimum Gasteiger partial charge on any atom is -0.480 e. The molecule has 5 nitrogen and oxygen atoms in total. The quantitative estimate of drug-likeness (QED) is 0.371. The molecule has 16 heavy (non-hydrogen) atoms. The molecule has 0 spiro atoms. The van der Waals surface area contributed by atoms with Gasteiger partial charge in [-0.1, -0.05) is 6.08 Å². The highest BCUT2D eigenvalue weighted by molar-refractivity contribution is 5.85. The van der Waals surface area contributed by atoms with Crippen molar-refractivity contribution in [1.82, 2.24) is 0 Å². The van der Waals surface area contributed by atoms with Gasteiger partial charge >= 0.3 is 5.97 Å². The number of allylic oxidation sites excluding steroid dienone is 1. The van der Waals surface area contributed by atoms with Crippen molar-refractivity contribution < 1.29 is 14.3 Å². The molecule has 5 N–H and O–H groups in total. The van der Waals surface area contributed by atoms with Crippen molar-refractivity contribution in [3.05, 3.63) is 11.9 Å². The second-order valence-electron chi connectivity index (χ2n) is 3.07. The van der Waals surface area contributed by atoms with E-state index in [4.69, 9.17) is 16.6 Å². The van der Waals surface area contributed by atoms with Crippen molar-refractivity contribution in [2.45, 2.75) is 25.8 Å². The number of carboxylic acid groups (broad SMARTS) is 1. The summed E-state index contributed by atoms with van der Waals surface area (Å²) in [5, 5.41) is 8.38. The van der Waals surface area contributed by atoms with E-state index in [2.05, 4.69) is 4.99 Å². The molecule has 0 aliphatic rings. The third kappa shape index (κ3) is 8.19. The van der Waals surface area contributed by atoms with Gasteiger partial charge in [0, 0.05) is 6.54 Å². The van der Waals surface area contributed by atoms with E-state index in [1.807, 2.05) is 0 Å². The Balaban J connectivity index is 0. The summed E-state index contributed by atoms with van der Waals surface area (Å²) in [6.07, 6.45) is 2.16. The molecule has 0 bridgehead atoms. The van der Waals surface area contributed by atoms with E-state index in [1.54, 1.807) is 6.92 Å². The number of halogens is 2. The number of carboxylic acids is 1. The molecule has 0 aliphatic carbocycles. The van der Waals surface area contributed by atoms with Crippen LogP contribution >= 0.6 is 12.4 Å². The van der Waals surface area contributed by atoms with Gasteiger partial charge in [0.15, 0.2) is 6.04 Å². The summed E-state index contributed by atoms with van der Waals surface area (Å²) in [7, 11) is 0. The van der Waals surface area contributed by atoms with Gasteiger partial charge in [-0.25, -0.2) is 4.39 Å². The van der Waals surface area contributed by atoms with Crippen LogP contribution in [0.25, 0.3) is 0 Å². The standard InChI is InChI=1S/C9H16FN3O2.ClH/c1-6(11)13-5-3-2-4-7(10)8(12)9(14)15;/h4,8H,2-3,5,12H2,1H3,(H2,11,13)(H,14,15);1H/b7-4-;/t8-;/m0./s1. The number of amidine groups is 1. The fraction of sp³-hybridized carbons (Fsp3) is 0.556. The summed E-state index contributed by atoms with van der Waals surface area (Å²) in [6, 6.07) is -1.57. The Labute approximate surface area is 99.8 Å². The lowest BCUT2D eigenvalue weighted by Crippen LogP contribution is -2.30. The molecule has 94 valence electrons. The molecule has 0 aliphatic heterocycles. The summed E-state index contributed by atoms with van der Waals surface area (Å²) >= 11 is 0. The largest absolute Gasteiger partial charge is 0.480 e. The molecule has 0 aromatic carbocycles. The lowest BCUT2D eigenvalue weighted by molar-refractivity contribution is -0.137. The first-order valence-corrected chi connectivity index (χ1v) is 4.55. The Morgan fingerprint density at radius 1 is 1.62 bits per heavy atom. The highest BCUT2D eigenvalue weighted by atomic mass is 35.5. The molecule has 0 saturated carbocycles. The highest BCUT2D eigenvalue weighted by Crippen LogP contribution is 2.05. The number of hydrogen-bond acceptors (Lipinski definition) is 3. The first kappa shape index (κ1) is 17.3. The Hall–Kier alpha value is -1.14. The van der Waals surface area contributed by atoms with Crippen molar-refractivity contribution in [2.75, 3.05) is 6.54 Å². The second-order valence-corrected chi connectivity index (χ2v) is 3.07. The van der Waals surface area contributed by atoms with Crippen LogP contribution in [0, 0.1) is 0 Å². The van der Waals surface area contributed by atoms with Crippen LogP contribution in [0.2, 0.25) is 0 Å². The van der Waals surface area contributed by atoms with Crippen molar-refractivity contribution in [1.29, 1.82) is 0 Å². The number of aliphatic carboxylic acids is 1. The monoisotopic (exact) mass is 253 g/mol. The van der Waals surface area contributed by atoms with Crippen LogP contribution in [0.4, 0.5) is 4.39 Å². The SMILES string of the molecule is CC(N)=NCCC/C=C(\F)[C@H](N)C(=O)O.Cl. The highest BCUT2D eigenvalue weighted by Gasteiger charge is 2.16. The second kappa shape index (κ2) is 9.11. The van der Waals surface area contributed by atoms with Gasteiger partial charge in [0.25, 0.3) is 0 Å². The number of nitrogens with zero attached hydrogens (tertiary/aromatic N) is 1. The summed E-state index contributed by atoms with van der Waals surface area (Å²) < 4.78 is 12.9. The number of hydrogen-bond donors (Lipinski definition) is 3. The molecule has 0 fully saturated rings. The van der Waals surface area contributed by atoms with Gasteiger partial charge in [-0.15, -0.1) is 12.4 Å². The molecule has 0 aromatic heterocycles. The van der Waals surface area contributed by atoms with Crippen molar-refractivity contribution in [3.63, 3.8) is 0 Å². The number of carbonyl (C=O) groups is 1. The van der Waals surface area contributed by atoms with Gasteiger partial charge in [0.1, 0.15) is 5.83 Å². The van der Waals surface area contributed by atoms with E-state index in [-0.39, 0.29) is 12.4 Å². The van der Waals surface area contributed by atoms with Crippen LogP contribution < -0.4 is 11.5 Å². The van der Waals surface area contributed by atoms with E-state index >= 15 is 0 Å². The molecule has 0 unspecified atom stereocenters. The third-order valence-electron chi connectivity index (χ3n) is 1.63. The summed E-state index contributed by atoms with van der Waals surface area (Å²) in [4.78, 5) is 14.2.